The van der Waals surface area contributed by atoms with Gasteiger partial charge >= 0.3 is 5.65 Å². The van der Waals surface area contributed by atoms with Crippen molar-refractivity contribution in [3.05, 3.63) is 33.4 Å². The first-order chi connectivity index (χ1) is 24.8. The van der Waals surface area contributed by atoms with E-state index in [0.717, 1.165) is 6.33 Å². The molecule has 6 rings (SSSR count). The van der Waals surface area contributed by atoms with Crippen molar-refractivity contribution in [2.24, 2.45) is 7.05 Å². The molecule has 292 valence electrons. The average Bonchev–Trinajstić information content (AvgIpc) is 3.70. The topological polar surface area (TPSA) is 379 Å². The number of morpholine rings is 1. The molecule has 6 heterocycles. The number of phosphoric ester groups is 2. The van der Waals surface area contributed by atoms with Crippen LogP contribution in [-0.4, -0.2) is 109 Å². The third-order valence-corrected chi connectivity index (χ3v) is 12.1. The fourth-order valence-electron chi connectivity index (χ4n) is 5.83. The van der Waals surface area contributed by atoms with Gasteiger partial charge in [0.1, 0.15) is 18.3 Å². The summed E-state index contributed by atoms with van der Waals surface area (Å²) in [5, 5.41) is 10.7. The standard InChI is InChI=1S/C23H34N11O16P3/c1-31-4-10(47-12(5-31)34-9-32(2)14-18(34)28-23(25)30-20(14)37)6-45-51(38,39)49-53(42,43)50-52(40,41)46-7-11-15(35)16(44-3)21(48-11)33-8-26-13-17(33)27-22(24)29-19(13)36/h8-12,15-16,21,35H,4-7H2,1-3H3,(H8-,24,25,27,28,29,30,36,37,38,39,40,41,42,43)/p-2/t10?,11-,12?,15-,16-,21-/m1/s1. The van der Waals surface area contributed by atoms with Gasteiger partial charge in [-0.2, -0.15) is 4.98 Å². The van der Waals surface area contributed by atoms with Gasteiger partial charge in [0.15, 0.2) is 29.9 Å². The molecule has 0 amide bonds. The second-order valence-electron chi connectivity index (χ2n) is 11.8. The predicted molar refractivity (Wildman–Crippen MR) is 168 cm³/mol. The van der Waals surface area contributed by atoms with Crippen molar-refractivity contribution in [2.75, 3.05) is 51.9 Å². The maximum absolute atomic E-state index is 12.5. The molecule has 0 bridgehead atoms. The van der Waals surface area contributed by atoms with E-state index in [0.29, 0.717) is 0 Å². The molecule has 2 saturated heterocycles. The average molecular weight is 811 g/mol. The van der Waals surface area contributed by atoms with E-state index in [-0.39, 0.29) is 47.3 Å². The number of aliphatic hydroxyl groups is 1. The Morgan fingerprint density at radius 2 is 1.62 bits per heavy atom. The number of hydrogen-bond acceptors (Lipinski definition) is 22. The molecule has 2 fully saturated rings. The minimum Gasteiger partial charge on any atom is -0.756 e. The second-order valence-corrected chi connectivity index (χ2v) is 16.3. The van der Waals surface area contributed by atoms with Gasteiger partial charge in [0.05, 0.1) is 39.2 Å². The fraction of sp³-hybridized carbons (Fsp3) is 0.565. The van der Waals surface area contributed by atoms with Crippen LogP contribution in [0.4, 0.5) is 11.9 Å². The number of aromatic nitrogens is 8. The number of nitrogens with zero attached hydrogens (tertiary/aromatic N) is 7. The number of methoxy groups -OCH3 is 1. The minimum atomic E-state index is -6.25. The monoisotopic (exact) mass is 811 g/mol. The molecule has 53 heavy (non-hydrogen) atoms. The van der Waals surface area contributed by atoms with E-state index in [2.05, 4.69) is 42.6 Å². The zero-order valence-corrected chi connectivity index (χ0v) is 30.3. The molecule has 0 aromatic carbocycles. The Kier molecular flexibility index (Phi) is 10.8. The number of anilines is 2. The van der Waals surface area contributed by atoms with E-state index in [9.17, 15) is 43.1 Å². The Hall–Kier alpha value is -3.49. The summed E-state index contributed by atoms with van der Waals surface area (Å²) < 4.78 is 75.4. The van der Waals surface area contributed by atoms with Gasteiger partial charge in [-0.3, -0.25) is 47.3 Å². The summed E-state index contributed by atoms with van der Waals surface area (Å²) in [4.78, 5) is 80.3. The van der Waals surface area contributed by atoms with E-state index in [1.54, 1.807) is 19.0 Å². The molecule has 7 N–H and O–H groups in total. The first kappa shape index (κ1) is 39.2. The summed E-state index contributed by atoms with van der Waals surface area (Å²) in [5.74, 6) is -0.420. The Balaban J connectivity index is 1.05. The number of imidazole rings is 2. The maximum Gasteiger partial charge on any atom is 0.313 e. The number of nitrogens with one attached hydrogen (secondary N) is 2. The lowest BCUT2D eigenvalue weighted by atomic mass is 10.1. The predicted octanol–water partition coefficient (Wildman–Crippen LogP) is -4.58. The Morgan fingerprint density at radius 1 is 0.981 bits per heavy atom. The van der Waals surface area contributed by atoms with Crippen LogP contribution in [0.3, 0.4) is 0 Å². The highest BCUT2D eigenvalue weighted by Crippen LogP contribution is 2.63. The van der Waals surface area contributed by atoms with Gasteiger partial charge in [-0.25, -0.2) is 18.2 Å². The van der Waals surface area contributed by atoms with Gasteiger partial charge in [-0.05, 0) is 7.05 Å². The van der Waals surface area contributed by atoms with Crippen LogP contribution in [0.25, 0.3) is 22.3 Å². The fourth-order valence-corrected chi connectivity index (χ4v) is 9.24. The second kappa shape index (κ2) is 14.6. The van der Waals surface area contributed by atoms with Gasteiger partial charge in [-0.1, -0.05) is 4.98 Å². The van der Waals surface area contributed by atoms with Crippen LogP contribution in [0.1, 0.15) is 12.5 Å². The van der Waals surface area contributed by atoms with Crippen LogP contribution in [0.5, 0.6) is 0 Å². The number of aryl methyl sites for hydroxylation is 1. The molecule has 9 atom stereocenters. The lowest BCUT2D eigenvalue weighted by Gasteiger charge is -2.37. The normalized spacial score (nSPS) is 27.5. The quantitative estimate of drug-likeness (QED) is 0.0626. The number of likely N-dealkylation sites (N-methyl/N-ethyl adjacent to an activating group) is 1. The SMILES string of the molecule is CO[C@@H]1[C@H](O)[C@@H](COP(=O)([O-])OP(=O)([O-])OP(=O)([O-])OCC2CN(C)CC([n+]3cn(C)c4c(=O)[nH]c(N)nc43)O2)O[C@H]1n1cnc2c(=O)[nH]c(N)nc21. The molecule has 30 heteroatoms. The van der Waals surface area contributed by atoms with Crippen molar-refractivity contribution >= 4 is 57.7 Å². The van der Waals surface area contributed by atoms with Crippen LogP contribution in [-0.2, 0) is 52.6 Å². The van der Waals surface area contributed by atoms with Crippen LogP contribution in [0, 0.1) is 0 Å². The van der Waals surface area contributed by atoms with Gasteiger partial charge in [0, 0.05) is 13.7 Å². The molecule has 0 saturated carbocycles. The van der Waals surface area contributed by atoms with Crippen molar-refractivity contribution in [3.63, 3.8) is 0 Å². The lowest BCUT2D eigenvalue weighted by Crippen LogP contribution is -2.54. The Labute approximate surface area is 295 Å². The smallest absolute Gasteiger partial charge is 0.313 e. The van der Waals surface area contributed by atoms with E-state index in [1.165, 1.54) is 27.1 Å². The molecule has 2 aliphatic rings. The number of nitrogens with two attached hydrogens (primary N) is 2. The number of rotatable bonds is 13. The summed E-state index contributed by atoms with van der Waals surface area (Å²) >= 11 is 0. The zero-order valence-electron chi connectivity index (χ0n) is 27.6. The number of ether oxygens (including phenoxy) is 3. The van der Waals surface area contributed by atoms with Crippen molar-refractivity contribution in [1.29, 1.82) is 0 Å². The summed E-state index contributed by atoms with van der Waals surface area (Å²) in [5.41, 5.74) is 10.2. The van der Waals surface area contributed by atoms with E-state index < -0.39 is 84.7 Å². The number of fused-ring (bicyclic) bond motifs is 2. The van der Waals surface area contributed by atoms with Crippen molar-refractivity contribution < 1.29 is 69.9 Å². The summed E-state index contributed by atoms with van der Waals surface area (Å²) in [6.45, 7) is -1.53. The number of nitrogen functional groups attached to an aromatic ring is 2. The third kappa shape index (κ3) is 8.44. The summed E-state index contributed by atoms with van der Waals surface area (Å²) in [7, 11) is -13.6. The summed E-state index contributed by atoms with van der Waals surface area (Å²) in [6, 6.07) is 0. The van der Waals surface area contributed by atoms with Gasteiger partial charge in [-0.15, -0.1) is 0 Å². The van der Waals surface area contributed by atoms with Gasteiger partial charge < -0.3 is 54.5 Å². The molecule has 0 radical (unpaired) electrons. The number of phosphoric acid groups is 3. The molecule has 27 nitrogen and oxygen atoms in total. The highest BCUT2D eigenvalue weighted by molar-refractivity contribution is 7.65. The molecular formula is C23H32N11O16P3-2. The molecular weight excluding hydrogens is 779 g/mol. The molecule has 4 aromatic heterocycles. The van der Waals surface area contributed by atoms with Gasteiger partial charge in [0.2, 0.25) is 11.5 Å². The van der Waals surface area contributed by atoms with Crippen LogP contribution < -0.4 is 41.8 Å². The Bertz CT molecular complexity index is 2280. The van der Waals surface area contributed by atoms with Crippen LogP contribution in [0.15, 0.2) is 22.2 Å². The molecule has 0 aliphatic carbocycles. The first-order valence-electron chi connectivity index (χ1n) is 15.1. The van der Waals surface area contributed by atoms with Crippen LogP contribution >= 0.6 is 23.5 Å². The van der Waals surface area contributed by atoms with Crippen molar-refractivity contribution in [1.82, 2.24) is 39.0 Å². The van der Waals surface area contributed by atoms with Crippen LogP contribution in [0.2, 0.25) is 0 Å². The molecule has 2 aliphatic heterocycles. The van der Waals surface area contributed by atoms with Crippen molar-refractivity contribution in [2.45, 2.75) is 36.9 Å². The van der Waals surface area contributed by atoms with E-state index >= 15 is 0 Å². The molecule has 0 spiro atoms. The number of aromatic amines is 2. The van der Waals surface area contributed by atoms with Gasteiger partial charge in [0.25, 0.3) is 40.5 Å². The molecule has 4 aromatic rings. The first-order valence-corrected chi connectivity index (χ1v) is 19.5. The highest BCUT2D eigenvalue weighted by Gasteiger charge is 2.46. The highest BCUT2D eigenvalue weighted by atomic mass is 31.3. The summed E-state index contributed by atoms with van der Waals surface area (Å²) in [6.07, 6.45) is -4.85. The Morgan fingerprint density at radius 3 is 2.30 bits per heavy atom. The van der Waals surface area contributed by atoms with E-state index in [4.69, 9.17) is 25.7 Å². The lowest BCUT2D eigenvalue weighted by molar-refractivity contribution is -0.747. The maximum atomic E-state index is 12.5. The van der Waals surface area contributed by atoms with Crippen molar-refractivity contribution in [3.8, 4) is 0 Å². The third-order valence-electron chi connectivity index (χ3n) is 7.96. The number of hydrogen-bond donors (Lipinski definition) is 5. The number of aliphatic hydroxyl groups excluding tert-OH is 1. The molecule has 5 unspecified atom stereocenters. The minimum absolute atomic E-state index is 0.0649. The largest absolute Gasteiger partial charge is 0.756 e. The zero-order chi connectivity index (χ0) is 38.6. The van der Waals surface area contributed by atoms with E-state index in [1.807, 2.05) is 0 Å². The number of H-pyrrole nitrogens is 2.